The van der Waals surface area contributed by atoms with Crippen LogP contribution in [-0.2, 0) is 17.6 Å². The summed E-state index contributed by atoms with van der Waals surface area (Å²) in [7, 11) is 0. The zero-order chi connectivity index (χ0) is 19.7. The molecule has 28 heavy (non-hydrogen) atoms. The molecule has 144 valence electrons. The summed E-state index contributed by atoms with van der Waals surface area (Å²) in [5, 5.41) is 15.6. The fraction of sp³-hybridized carbons (Fsp3) is 0.316. The Bertz CT molecular complexity index is 1080. The molecule has 1 aliphatic carbocycles. The third kappa shape index (κ3) is 3.72. The Labute approximate surface area is 169 Å². The van der Waals surface area contributed by atoms with Crippen molar-refractivity contribution >= 4 is 50.6 Å². The molecule has 0 unspecified atom stereocenters. The topological polar surface area (TPSA) is 98.0 Å². The summed E-state index contributed by atoms with van der Waals surface area (Å²) in [5.41, 5.74) is 1.41. The number of para-hydroxylation sites is 2. The van der Waals surface area contributed by atoms with Crippen molar-refractivity contribution in [3.63, 3.8) is 0 Å². The number of nitrogens with one attached hydrogen (secondary N) is 1. The number of nitro groups is 1. The van der Waals surface area contributed by atoms with Crippen molar-refractivity contribution in [3.8, 4) is 0 Å². The highest BCUT2D eigenvalue weighted by molar-refractivity contribution is 8.00. The van der Waals surface area contributed by atoms with Crippen molar-refractivity contribution in [2.75, 3.05) is 11.1 Å². The number of carbonyl (C=O) groups is 1. The second-order valence-electron chi connectivity index (χ2n) is 6.58. The zero-order valence-corrected chi connectivity index (χ0v) is 16.9. The molecule has 0 radical (unpaired) electrons. The van der Waals surface area contributed by atoms with E-state index in [9.17, 15) is 14.9 Å². The summed E-state index contributed by atoms with van der Waals surface area (Å²) in [6, 6.07) is 6.13. The number of anilines is 1. The minimum atomic E-state index is -0.502. The Morgan fingerprint density at radius 1 is 1.29 bits per heavy atom. The highest BCUT2D eigenvalue weighted by Crippen LogP contribution is 2.39. The first-order chi connectivity index (χ1) is 13.5. The van der Waals surface area contributed by atoms with Gasteiger partial charge < -0.3 is 5.32 Å². The molecule has 0 aliphatic heterocycles. The molecular formula is C19H18N4O3S2. The van der Waals surface area contributed by atoms with E-state index < -0.39 is 4.92 Å². The summed E-state index contributed by atoms with van der Waals surface area (Å²) in [5.74, 6) is 0.517. The summed E-state index contributed by atoms with van der Waals surface area (Å²) in [6.07, 6.45) is 4.47. The average Bonchev–Trinajstić information content (AvgIpc) is 3.04. The van der Waals surface area contributed by atoms with E-state index >= 15 is 0 Å². The quantitative estimate of drug-likeness (QED) is 0.285. The number of amides is 1. The standard InChI is InChI=1S/C19H18N4O3S2/c1-11-20-18(17-12-6-2-5-9-15(12)28-19(17)21-11)27-10-16(24)22-13-7-3-4-8-14(13)23(25)26/h3-4,7-8H,2,5-6,9-10H2,1H3,(H,22,24). The van der Waals surface area contributed by atoms with Crippen molar-refractivity contribution in [2.45, 2.75) is 37.6 Å². The molecule has 1 aromatic carbocycles. The summed E-state index contributed by atoms with van der Waals surface area (Å²) < 4.78 is 0. The fourth-order valence-electron chi connectivity index (χ4n) is 3.39. The number of aromatic nitrogens is 2. The van der Waals surface area contributed by atoms with Crippen LogP contribution < -0.4 is 5.32 Å². The molecule has 0 fully saturated rings. The van der Waals surface area contributed by atoms with Gasteiger partial charge >= 0.3 is 0 Å². The average molecular weight is 415 g/mol. The Kier molecular flexibility index (Phi) is 5.27. The van der Waals surface area contributed by atoms with E-state index in [2.05, 4.69) is 15.3 Å². The molecule has 1 amide bonds. The number of benzene rings is 1. The lowest BCUT2D eigenvalue weighted by atomic mass is 9.97. The van der Waals surface area contributed by atoms with Crippen LogP contribution in [0.2, 0.25) is 0 Å². The van der Waals surface area contributed by atoms with Gasteiger partial charge in [0.15, 0.2) is 0 Å². The maximum absolute atomic E-state index is 12.4. The van der Waals surface area contributed by atoms with Crippen LogP contribution in [0.4, 0.5) is 11.4 Å². The van der Waals surface area contributed by atoms with Gasteiger partial charge in [-0.15, -0.1) is 11.3 Å². The van der Waals surface area contributed by atoms with Crippen LogP contribution in [0.1, 0.15) is 29.1 Å². The van der Waals surface area contributed by atoms with Gasteiger partial charge in [-0.05, 0) is 44.2 Å². The van der Waals surface area contributed by atoms with Crippen LogP contribution in [0.25, 0.3) is 10.2 Å². The molecule has 7 nitrogen and oxygen atoms in total. The Morgan fingerprint density at radius 3 is 2.89 bits per heavy atom. The van der Waals surface area contributed by atoms with Crippen LogP contribution in [0.3, 0.4) is 0 Å². The van der Waals surface area contributed by atoms with Gasteiger partial charge in [-0.3, -0.25) is 14.9 Å². The van der Waals surface area contributed by atoms with Gasteiger partial charge in [0.05, 0.1) is 10.7 Å². The van der Waals surface area contributed by atoms with Gasteiger partial charge in [0.25, 0.3) is 5.69 Å². The molecule has 0 spiro atoms. The Balaban J connectivity index is 1.55. The van der Waals surface area contributed by atoms with Crippen molar-refractivity contribution < 1.29 is 9.72 Å². The van der Waals surface area contributed by atoms with Crippen LogP contribution in [0, 0.1) is 17.0 Å². The van der Waals surface area contributed by atoms with Crippen molar-refractivity contribution in [1.29, 1.82) is 0 Å². The van der Waals surface area contributed by atoms with E-state index in [1.165, 1.54) is 40.8 Å². The van der Waals surface area contributed by atoms with Gasteiger partial charge in [0.2, 0.25) is 5.91 Å². The van der Waals surface area contributed by atoms with Gasteiger partial charge in [-0.1, -0.05) is 23.9 Å². The van der Waals surface area contributed by atoms with Crippen molar-refractivity contribution in [3.05, 3.63) is 50.6 Å². The Morgan fingerprint density at radius 2 is 2.07 bits per heavy atom. The van der Waals surface area contributed by atoms with Crippen LogP contribution >= 0.6 is 23.1 Å². The number of rotatable bonds is 5. The number of thiophene rings is 1. The molecule has 4 rings (SSSR count). The number of hydrogen-bond acceptors (Lipinski definition) is 7. The number of fused-ring (bicyclic) bond motifs is 3. The summed E-state index contributed by atoms with van der Waals surface area (Å²) in [6.45, 7) is 1.86. The molecule has 3 aromatic rings. The van der Waals surface area contributed by atoms with Gasteiger partial charge in [-0.25, -0.2) is 9.97 Å². The monoisotopic (exact) mass is 414 g/mol. The lowest BCUT2D eigenvalue weighted by Gasteiger charge is -2.12. The minimum absolute atomic E-state index is 0.118. The van der Waals surface area contributed by atoms with Gasteiger partial charge in [0, 0.05) is 16.3 Å². The summed E-state index contributed by atoms with van der Waals surface area (Å²) in [4.78, 5) is 34.5. The second-order valence-corrected chi connectivity index (χ2v) is 8.63. The van der Waals surface area contributed by atoms with E-state index in [1.807, 2.05) is 6.92 Å². The number of nitrogens with zero attached hydrogens (tertiary/aromatic N) is 3. The number of aryl methyl sites for hydroxylation is 3. The predicted octanol–water partition coefficient (Wildman–Crippen LogP) is 4.52. The second kappa shape index (κ2) is 7.84. The normalized spacial score (nSPS) is 13.3. The van der Waals surface area contributed by atoms with E-state index in [0.29, 0.717) is 5.82 Å². The third-order valence-electron chi connectivity index (χ3n) is 4.61. The fourth-order valence-corrected chi connectivity index (χ4v) is 5.66. The van der Waals surface area contributed by atoms with Crippen molar-refractivity contribution in [1.82, 2.24) is 9.97 Å². The van der Waals surface area contributed by atoms with Gasteiger partial charge in [0.1, 0.15) is 21.4 Å². The molecule has 1 aliphatic rings. The molecule has 0 saturated heterocycles. The van der Waals surface area contributed by atoms with E-state index in [4.69, 9.17) is 0 Å². The van der Waals surface area contributed by atoms with Crippen LogP contribution in [0.5, 0.6) is 0 Å². The zero-order valence-electron chi connectivity index (χ0n) is 15.2. The lowest BCUT2D eigenvalue weighted by molar-refractivity contribution is -0.383. The number of hydrogen-bond donors (Lipinski definition) is 1. The molecule has 9 heteroatoms. The highest BCUT2D eigenvalue weighted by Gasteiger charge is 2.21. The molecular weight excluding hydrogens is 396 g/mol. The van der Waals surface area contributed by atoms with E-state index in [1.54, 1.807) is 23.5 Å². The highest BCUT2D eigenvalue weighted by atomic mass is 32.2. The van der Waals surface area contributed by atoms with Crippen LogP contribution in [0.15, 0.2) is 29.3 Å². The molecule has 2 aromatic heterocycles. The maximum atomic E-state index is 12.4. The molecule has 0 atom stereocenters. The molecule has 0 saturated carbocycles. The molecule has 1 N–H and O–H groups in total. The smallest absolute Gasteiger partial charge is 0.292 e. The number of nitro benzene ring substituents is 1. The van der Waals surface area contributed by atoms with Gasteiger partial charge in [-0.2, -0.15) is 0 Å². The third-order valence-corrected chi connectivity index (χ3v) is 6.77. The first kappa shape index (κ1) is 18.8. The first-order valence-electron chi connectivity index (χ1n) is 8.98. The minimum Gasteiger partial charge on any atom is -0.320 e. The maximum Gasteiger partial charge on any atom is 0.292 e. The number of thioether (sulfide) groups is 1. The van der Waals surface area contributed by atoms with E-state index in [-0.39, 0.29) is 23.0 Å². The molecule has 0 bridgehead atoms. The SMILES string of the molecule is Cc1nc(SCC(=O)Nc2ccccc2[N+](=O)[O-])c2c3c(sc2n1)CCCC3. The Hall–Kier alpha value is -2.52. The molecule has 2 heterocycles. The number of carbonyl (C=O) groups excluding carboxylic acids is 1. The lowest BCUT2D eigenvalue weighted by Crippen LogP contribution is -2.15. The van der Waals surface area contributed by atoms with Crippen molar-refractivity contribution in [2.24, 2.45) is 0 Å². The largest absolute Gasteiger partial charge is 0.320 e. The predicted molar refractivity (Wildman–Crippen MR) is 111 cm³/mol. The summed E-state index contributed by atoms with van der Waals surface area (Å²) >= 11 is 3.09. The van der Waals surface area contributed by atoms with Crippen LogP contribution in [-0.4, -0.2) is 26.6 Å². The van der Waals surface area contributed by atoms with E-state index in [0.717, 1.165) is 34.5 Å². The first-order valence-corrected chi connectivity index (χ1v) is 10.8.